The number of hydrogen-bond acceptors (Lipinski definition) is 6. The summed E-state index contributed by atoms with van der Waals surface area (Å²) in [6.45, 7) is 5.09. The number of thioether (sulfide) groups is 1. The van der Waals surface area contributed by atoms with Gasteiger partial charge in [0.1, 0.15) is 5.69 Å². The molecule has 0 unspecified atom stereocenters. The highest BCUT2D eigenvalue weighted by Gasteiger charge is 2.32. The van der Waals surface area contributed by atoms with E-state index in [0.717, 1.165) is 36.0 Å². The quantitative estimate of drug-likeness (QED) is 0.533. The molecule has 3 rings (SSSR count). The molecule has 1 aliphatic heterocycles. The zero-order chi connectivity index (χ0) is 21.7. The summed E-state index contributed by atoms with van der Waals surface area (Å²) in [5, 5.41) is 2.84. The first-order valence-corrected chi connectivity index (χ1v) is 10.4. The van der Waals surface area contributed by atoms with E-state index in [-0.39, 0.29) is 28.8 Å². The van der Waals surface area contributed by atoms with Crippen LogP contribution in [-0.2, 0) is 11.0 Å². The first-order valence-electron chi connectivity index (χ1n) is 9.46. The van der Waals surface area contributed by atoms with Crippen molar-refractivity contribution in [2.75, 3.05) is 19.0 Å². The normalized spacial score (nSPS) is 14.9. The molecular weight excluding hydrogens is 419 g/mol. The minimum Gasteiger partial charge on any atom is -0.490 e. The van der Waals surface area contributed by atoms with Crippen molar-refractivity contribution >= 4 is 17.7 Å². The zero-order valence-corrected chi connectivity index (χ0v) is 17.3. The fourth-order valence-electron chi connectivity index (χ4n) is 2.92. The van der Waals surface area contributed by atoms with E-state index >= 15 is 0 Å². The van der Waals surface area contributed by atoms with Gasteiger partial charge in [-0.05, 0) is 29.7 Å². The van der Waals surface area contributed by atoms with Crippen molar-refractivity contribution in [2.24, 2.45) is 5.92 Å². The standard InChI is InChI=1S/C20H22F3N3O3S/c1-12(2)18(13-4-5-14-15(10-13)29-9-3-8-28-14)26-17(27)11-30-19-24-7-6-16(25-19)20(21,22)23/h4-7,10,12,18H,3,8-9,11H2,1-2H3,(H,26,27)/t18-/m1/s1. The van der Waals surface area contributed by atoms with E-state index in [1.54, 1.807) is 0 Å². The van der Waals surface area contributed by atoms with Crippen LogP contribution in [-0.4, -0.2) is 34.8 Å². The van der Waals surface area contributed by atoms with Gasteiger partial charge in [-0.15, -0.1) is 0 Å². The molecule has 0 spiro atoms. The highest BCUT2D eigenvalue weighted by Crippen LogP contribution is 2.34. The van der Waals surface area contributed by atoms with Crippen LogP contribution >= 0.6 is 11.8 Å². The van der Waals surface area contributed by atoms with Crippen molar-refractivity contribution in [3.05, 3.63) is 41.7 Å². The molecule has 0 fully saturated rings. The first kappa shape index (κ1) is 22.2. The highest BCUT2D eigenvalue weighted by molar-refractivity contribution is 7.99. The maximum atomic E-state index is 12.8. The van der Waals surface area contributed by atoms with Crippen LogP contribution in [0, 0.1) is 5.92 Å². The Kier molecular flexibility index (Phi) is 7.06. The van der Waals surface area contributed by atoms with Gasteiger partial charge in [-0.2, -0.15) is 13.2 Å². The molecule has 1 atom stereocenters. The van der Waals surface area contributed by atoms with Crippen LogP contribution < -0.4 is 14.8 Å². The Balaban J connectivity index is 1.66. The number of carbonyl (C=O) groups excluding carboxylic acids is 1. The molecule has 10 heteroatoms. The van der Waals surface area contributed by atoms with Crippen LogP contribution in [0.2, 0.25) is 0 Å². The molecule has 0 saturated carbocycles. The summed E-state index contributed by atoms with van der Waals surface area (Å²) in [7, 11) is 0. The minimum absolute atomic E-state index is 0.0773. The van der Waals surface area contributed by atoms with E-state index in [1.807, 2.05) is 32.0 Å². The maximum Gasteiger partial charge on any atom is 0.433 e. The number of nitrogens with zero attached hydrogens (tertiary/aromatic N) is 2. The van der Waals surface area contributed by atoms with Crippen LogP contribution in [0.3, 0.4) is 0 Å². The molecule has 0 saturated heterocycles. The summed E-state index contributed by atoms with van der Waals surface area (Å²) in [4.78, 5) is 19.7. The molecule has 162 valence electrons. The van der Waals surface area contributed by atoms with Crippen molar-refractivity contribution < 1.29 is 27.4 Å². The number of rotatable bonds is 6. The number of ether oxygens (including phenoxy) is 2. The number of hydrogen-bond donors (Lipinski definition) is 1. The summed E-state index contributed by atoms with van der Waals surface area (Å²) >= 11 is 0.854. The molecule has 1 aromatic carbocycles. The van der Waals surface area contributed by atoms with Gasteiger partial charge in [0, 0.05) is 12.6 Å². The fraction of sp³-hybridized carbons (Fsp3) is 0.450. The SMILES string of the molecule is CC(C)[C@@H](NC(=O)CSc1nccc(C(F)(F)F)n1)c1ccc2c(c1)OCCCO2. The average Bonchev–Trinajstić information content (AvgIpc) is 2.94. The predicted molar refractivity (Wildman–Crippen MR) is 106 cm³/mol. The predicted octanol–water partition coefficient (Wildman–Crippen LogP) is 4.26. The van der Waals surface area contributed by atoms with Gasteiger partial charge < -0.3 is 14.8 Å². The Morgan fingerprint density at radius 3 is 2.63 bits per heavy atom. The molecule has 0 radical (unpaired) electrons. The molecule has 0 bridgehead atoms. The Labute approximate surface area is 176 Å². The first-order chi connectivity index (χ1) is 14.2. The highest BCUT2D eigenvalue weighted by atomic mass is 32.2. The minimum atomic E-state index is -4.56. The number of amides is 1. The third kappa shape index (κ3) is 5.78. The lowest BCUT2D eigenvalue weighted by Crippen LogP contribution is -2.33. The van der Waals surface area contributed by atoms with Crippen molar-refractivity contribution in [3.8, 4) is 11.5 Å². The second-order valence-corrected chi connectivity index (χ2v) is 8.00. The fourth-order valence-corrected chi connectivity index (χ4v) is 3.56. The van der Waals surface area contributed by atoms with Gasteiger partial charge in [0.2, 0.25) is 5.91 Å². The summed E-state index contributed by atoms with van der Waals surface area (Å²) < 4.78 is 49.6. The lowest BCUT2D eigenvalue weighted by atomic mass is 9.95. The van der Waals surface area contributed by atoms with Crippen LogP contribution in [0.25, 0.3) is 0 Å². The van der Waals surface area contributed by atoms with Crippen molar-refractivity contribution in [1.29, 1.82) is 0 Å². The molecule has 0 aliphatic carbocycles. The lowest BCUT2D eigenvalue weighted by Gasteiger charge is -2.23. The van der Waals surface area contributed by atoms with E-state index < -0.39 is 11.9 Å². The number of alkyl halides is 3. The monoisotopic (exact) mass is 441 g/mol. The van der Waals surface area contributed by atoms with Gasteiger partial charge in [0.25, 0.3) is 0 Å². The zero-order valence-electron chi connectivity index (χ0n) is 16.5. The van der Waals surface area contributed by atoms with Gasteiger partial charge in [0.15, 0.2) is 16.7 Å². The van der Waals surface area contributed by atoms with Gasteiger partial charge >= 0.3 is 6.18 Å². The topological polar surface area (TPSA) is 73.3 Å². The van der Waals surface area contributed by atoms with Gasteiger partial charge in [0.05, 0.1) is 25.0 Å². The van der Waals surface area contributed by atoms with Crippen molar-refractivity contribution in [3.63, 3.8) is 0 Å². The molecule has 2 aromatic rings. The van der Waals surface area contributed by atoms with Gasteiger partial charge in [-0.3, -0.25) is 4.79 Å². The van der Waals surface area contributed by atoms with Crippen molar-refractivity contribution in [1.82, 2.24) is 15.3 Å². The number of nitrogens with one attached hydrogen (secondary N) is 1. The van der Waals surface area contributed by atoms with Crippen LogP contribution in [0.5, 0.6) is 11.5 Å². The van der Waals surface area contributed by atoms with E-state index in [9.17, 15) is 18.0 Å². The van der Waals surface area contributed by atoms with E-state index in [2.05, 4.69) is 15.3 Å². The molecule has 1 aromatic heterocycles. The lowest BCUT2D eigenvalue weighted by molar-refractivity contribution is -0.141. The third-order valence-electron chi connectivity index (χ3n) is 4.37. The molecule has 2 heterocycles. The number of benzene rings is 1. The Morgan fingerprint density at radius 1 is 1.20 bits per heavy atom. The summed E-state index contributed by atoms with van der Waals surface area (Å²) in [6, 6.07) is 6.06. The smallest absolute Gasteiger partial charge is 0.433 e. The second kappa shape index (κ2) is 9.55. The Morgan fingerprint density at radius 2 is 1.93 bits per heavy atom. The molecule has 1 N–H and O–H groups in total. The number of carbonyl (C=O) groups is 1. The largest absolute Gasteiger partial charge is 0.490 e. The van der Waals surface area contributed by atoms with E-state index in [4.69, 9.17) is 9.47 Å². The molecule has 30 heavy (non-hydrogen) atoms. The number of fused-ring (bicyclic) bond motifs is 1. The van der Waals surface area contributed by atoms with E-state index in [0.29, 0.717) is 24.7 Å². The molecule has 6 nitrogen and oxygen atoms in total. The molecule has 1 aliphatic rings. The van der Waals surface area contributed by atoms with Crippen LogP contribution in [0.4, 0.5) is 13.2 Å². The Hall–Kier alpha value is -2.49. The third-order valence-corrected chi connectivity index (χ3v) is 5.23. The number of aromatic nitrogens is 2. The summed E-state index contributed by atoms with van der Waals surface area (Å²) in [6.07, 6.45) is -2.73. The molecule has 1 amide bonds. The van der Waals surface area contributed by atoms with Crippen LogP contribution in [0.1, 0.15) is 37.6 Å². The van der Waals surface area contributed by atoms with Crippen molar-refractivity contribution in [2.45, 2.75) is 37.6 Å². The Bertz CT molecular complexity index is 893. The van der Waals surface area contributed by atoms with Gasteiger partial charge in [-0.25, -0.2) is 9.97 Å². The summed E-state index contributed by atoms with van der Waals surface area (Å²) in [5.74, 6) is 0.953. The molecular formula is C20H22F3N3O3S. The maximum absolute atomic E-state index is 12.8. The second-order valence-electron chi connectivity index (χ2n) is 7.06. The summed E-state index contributed by atoms with van der Waals surface area (Å²) in [5.41, 5.74) is -0.171. The number of halogens is 3. The average molecular weight is 441 g/mol. The van der Waals surface area contributed by atoms with Gasteiger partial charge in [-0.1, -0.05) is 31.7 Å². The van der Waals surface area contributed by atoms with E-state index in [1.165, 1.54) is 0 Å². The van der Waals surface area contributed by atoms with Crippen LogP contribution in [0.15, 0.2) is 35.6 Å².